The highest BCUT2D eigenvalue weighted by atomic mass is 16.2. The van der Waals surface area contributed by atoms with E-state index in [1.807, 2.05) is 0 Å². The molecule has 0 spiro atoms. The molecule has 0 aliphatic carbocycles. The molecule has 0 heterocycles. The standard InChI is InChI=1S/C41H85N3O/c1-5-9-13-17-21-22-26-30-34-42-41(45)40-44(37-33-29-25-20-16-12-8-4)39-38-43(35-31-27-23-18-14-10-6-2)36-32-28-24-19-15-11-7-3/h5-40H2,1-4H3,(H,42,45). The van der Waals surface area contributed by atoms with Gasteiger partial charge >= 0.3 is 0 Å². The van der Waals surface area contributed by atoms with Crippen molar-refractivity contribution < 1.29 is 4.79 Å². The Bertz CT molecular complexity index is 551. The summed E-state index contributed by atoms with van der Waals surface area (Å²) in [6, 6.07) is 0. The van der Waals surface area contributed by atoms with Gasteiger partial charge in [-0.2, -0.15) is 0 Å². The van der Waals surface area contributed by atoms with Crippen molar-refractivity contribution in [1.82, 2.24) is 15.1 Å². The summed E-state index contributed by atoms with van der Waals surface area (Å²) >= 11 is 0. The van der Waals surface area contributed by atoms with Crippen molar-refractivity contribution in [1.29, 1.82) is 0 Å². The largest absolute Gasteiger partial charge is 0.355 e. The minimum atomic E-state index is 0.242. The summed E-state index contributed by atoms with van der Waals surface area (Å²) in [5.74, 6) is 0.242. The van der Waals surface area contributed by atoms with Crippen LogP contribution in [-0.4, -0.2) is 61.5 Å². The Kier molecular flexibility index (Phi) is 37.3. The van der Waals surface area contributed by atoms with Crippen LogP contribution in [0.5, 0.6) is 0 Å². The third-order valence-corrected chi connectivity index (χ3v) is 9.69. The molecule has 4 heteroatoms. The maximum Gasteiger partial charge on any atom is 0.234 e. The summed E-state index contributed by atoms with van der Waals surface area (Å²) in [5, 5.41) is 3.27. The quantitative estimate of drug-likeness (QED) is 0.0686. The van der Waals surface area contributed by atoms with Crippen LogP contribution in [0.15, 0.2) is 0 Å². The monoisotopic (exact) mass is 636 g/mol. The lowest BCUT2D eigenvalue weighted by Crippen LogP contribution is -2.42. The van der Waals surface area contributed by atoms with Crippen LogP contribution in [0.1, 0.15) is 214 Å². The molecule has 45 heavy (non-hydrogen) atoms. The molecule has 270 valence electrons. The first kappa shape index (κ1) is 44.4. The van der Waals surface area contributed by atoms with Crippen LogP contribution in [-0.2, 0) is 4.79 Å². The third kappa shape index (κ3) is 34.5. The summed E-state index contributed by atoms with van der Waals surface area (Å²) in [6.45, 7) is 16.3. The van der Waals surface area contributed by atoms with E-state index in [2.05, 4.69) is 42.8 Å². The highest BCUT2D eigenvalue weighted by Crippen LogP contribution is 2.12. The van der Waals surface area contributed by atoms with Gasteiger partial charge in [-0.05, 0) is 45.3 Å². The van der Waals surface area contributed by atoms with Crippen molar-refractivity contribution in [2.45, 2.75) is 214 Å². The smallest absolute Gasteiger partial charge is 0.234 e. The Morgan fingerprint density at radius 1 is 0.356 bits per heavy atom. The molecule has 4 nitrogen and oxygen atoms in total. The van der Waals surface area contributed by atoms with Crippen LogP contribution in [0.4, 0.5) is 0 Å². The van der Waals surface area contributed by atoms with Crippen LogP contribution in [0, 0.1) is 0 Å². The van der Waals surface area contributed by atoms with E-state index in [9.17, 15) is 4.79 Å². The molecule has 0 atom stereocenters. The van der Waals surface area contributed by atoms with Gasteiger partial charge in [-0.3, -0.25) is 9.69 Å². The fraction of sp³-hybridized carbons (Fsp3) is 0.976. The third-order valence-electron chi connectivity index (χ3n) is 9.69. The van der Waals surface area contributed by atoms with E-state index in [0.717, 1.165) is 32.6 Å². The van der Waals surface area contributed by atoms with Gasteiger partial charge in [0, 0.05) is 19.6 Å². The maximum atomic E-state index is 13.0. The van der Waals surface area contributed by atoms with E-state index in [-0.39, 0.29) is 5.91 Å². The average Bonchev–Trinajstić information content (AvgIpc) is 3.04. The summed E-state index contributed by atoms with van der Waals surface area (Å²) in [4.78, 5) is 18.2. The average molecular weight is 636 g/mol. The van der Waals surface area contributed by atoms with Crippen LogP contribution in [0.3, 0.4) is 0 Å². The van der Waals surface area contributed by atoms with Crippen LogP contribution in [0.25, 0.3) is 0 Å². The minimum Gasteiger partial charge on any atom is -0.355 e. The number of nitrogens with zero attached hydrogens (tertiary/aromatic N) is 2. The zero-order valence-electron chi connectivity index (χ0n) is 31.8. The summed E-state index contributed by atoms with van der Waals surface area (Å²) in [5.41, 5.74) is 0. The Morgan fingerprint density at radius 3 is 1.02 bits per heavy atom. The number of carbonyl (C=O) groups is 1. The first-order valence-electron chi connectivity index (χ1n) is 20.9. The van der Waals surface area contributed by atoms with Gasteiger partial charge in [0.2, 0.25) is 5.91 Å². The van der Waals surface area contributed by atoms with E-state index in [1.165, 1.54) is 193 Å². The van der Waals surface area contributed by atoms with Crippen molar-refractivity contribution in [3.05, 3.63) is 0 Å². The molecule has 0 aromatic heterocycles. The number of hydrogen-bond donors (Lipinski definition) is 1. The maximum absolute atomic E-state index is 13.0. The van der Waals surface area contributed by atoms with Gasteiger partial charge in [0.15, 0.2) is 0 Å². The highest BCUT2D eigenvalue weighted by Gasteiger charge is 2.13. The predicted molar refractivity (Wildman–Crippen MR) is 202 cm³/mol. The lowest BCUT2D eigenvalue weighted by atomic mass is 10.1. The number of nitrogens with one attached hydrogen (secondary N) is 1. The lowest BCUT2D eigenvalue weighted by Gasteiger charge is -2.28. The van der Waals surface area contributed by atoms with Gasteiger partial charge in [-0.1, -0.05) is 188 Å². The van der Waals surface area contributed by atoms with Crippen LogP contribution < -0.4 is 5.32 Å². The van der Waals surface area contributed by atoms with Gasteiger partial charge in [-0.15, -0.1) is 0 Å². The number of carbonyl (C=O) groups excluding carboxylic acids is 1. The minimum absolute atomic E-state index is 0.242. The van der Waals surface area contributed by atoms with Gasteiger partial charge in [0.25, 0.3) is 0 Å². The molecule has 0 saturated heterocycles. The number of amides is 1. The van der Waals surface area contributed by atoms with E-state index < -0.39 is 0 Å². The number of rotatable bonds is 38. The fourth-order valence-corrected chi connectivity index (χ4v) is 6.51. The Morgan fingerprint density at radius 2 is 0.644 bits per heavy atom. The molecule has 0 unspecified atom stereocenters. The van der Waals surface area contributed by atoms with Gasteiger partial charge in [0.05, 0.1) is 6.54 Å². The second-order valence-electron chi connectivity index (χ2n) is 14.3. The van der Waals surface area contributed by atoms with Crippen LogP contribution >= 0.6 is 0 Å². The fourth-order valence-electron chi connectivity index (χ4n) is 6.51. The highest BCUT2D eigenvalue weighted by molar-refractivity contribution is 5.77. The first-order chi connectivity index (χ1) is 22.2. The molecule has 1 amide bonds. The van der Waals surface area contributed by atoms with Crippen LogP contribution in [0.2, 0.25) is 0 Å². The van der Waals surface area contributed by atoms with E-state index in [1.54, 1.807) is 0 Å². The van der Waals surface area contributed by atoms with Crippen molar-refractivity contribution in [3.63, 3.8) is 0 Å². The summed E-state index contributed by atoms with van der Waals surface area (Å²) in [6.07, 6.45) is 39.1. The molecule has 0 bridgehead atoms. The van der Waals surface area contributed by atoms with Gasteiger partial charge < -0.3 is 10.2 Å². The SMILES string of the molecule is CCCCCCCCCCNC(=O)CN(CCCCCCCCC)CCN(CCCCCCCCC)CCCCCCCCC. The van der Waals surface area contributed by atoms with Gasteiger partial charge in [0.1, 0.15) is 0 Å². The summed E-state index contributed by atoms with van der Waals surface area (Å²) in [7, 11) is 0. The molecule has 0 aliphatic heterocycles. The second-order valence-corrected chi connectivity index (χ2v) is 14.3. The van der Waals surface area contributed by atoms with Gasteiger partial charge in [-0.25, -0.2) is 0 Å². The zero-order chi connectivity index (χ0) is 32.9. The molecular formula is C41H85N3O. The molecule has 0 radical (unpaired) electrons. The molecule has 1 N–H and O–H groups in total. The molecular weight excluding hydrogens is 550 g/mol. The predicted octanol–water partition coefficient (Wildman–Crippen LogP) is 12.1. The number of unbranched alkanes of at least 4 members (excludes halogenated alkanes) is 25. The molecule has 0 aliphatic rings. The van der Waals surface area contributed by atoms with E-state index in [4.69, 9.17) is 0 Å². The second kappa shape index (κ2) is 37.8. The molecule has 0 fully saturated rings. The number of hydrogen-bond acceptors (Lipinski definition) is 3. The van der Waals surface area contributed by atoms with Crippen molar-refractivity contribution >= 4 is 5.91 Å². The molecule has 0 aromatic rings. The van der Waals surface area contributed by atoms with E-state index in [0.29, 0.717) is 6.54 Å². The Labute approximate surface area is 285 Å². The Balaban J connectivity index is 4.72. The molecule has 0 saturated carbocycles. The molecule has 0 rings (SSSR count). The Hall–Kier alpha value is -0.610. The van der Waals surface area contributed by atoms with Crippen molar-refractivity contribution in [2.24, 2.45) is 0 Å². The topological polar surface area (TPSA) is 35.6 Å². The van der Waals surface area contributed by atoms with Crippen molar-refractivity contribution in [3.8, 4) is 0 Å². The van der Waals surface area contributed by atoms with E-state index >= 15 is 0 Å². The summed E-state index contributed by atoms with van der Waals surface area (Å²) < 4.78 is 0. The zero-order valence-corrected chi connectivity index (χ0v) is 31.8. The molecule has 0 aromatic carbocycles. The normalized spacial score (nSPS) is 11.7. The first-order valence-corrected chi connectivity index (χ1v) is 20.9. The van der Waals surface area contributed by atoms with Crippen molar-refractivity contribution in [2.75, 3.05) is 45.8 Å². The lowest BCUT2D eigenvalue weighted by molar-refractivity contribution is -0.122.